The SMILES string of the molecule is O=C(C1CCC1)N1CC(=O)N2[C@H](CO)[C@@H](c3ccc(C#Cc4cccc(F)c4)cc3)[C@@H]2C1. The summed E-state index contributed by atoms with van der Waals surface area (Å²) in [6.07, 6.45) is 2.91. The first-order valence-electron chi connectivity index (χ1n) is 11.1. The van der Waals surface area contributed by atoms with Gasteiger partial charge in [0.05, 0.1) is 25.2 Å². The monoisotopic (exact) mass is 432 g/mol. The highest BCUT2D eigenvalue weighted by Crippen LogP contribution is 2.43. The summed E-state index contributed by atoms with van der Waals surface area (Å²) >= 11 is 0. The summed E-state index contributed by atoms with van der Waals surface area (Å²) in [5.41, 5.74) is 2.43. The Morgan fingerprint density at radius 2 is 1.84 bits per heavy atom. The predicted molar refractivity (Wildman–Crippen MR) is 117 cm³/mol. The smallest absolute Gasteiger partial charge is 0.242 e. The van der Waals surface area contributed by atoms with E-state index in [1.54, 1.807) is 21.9 Å². The van der Waals surface area contributed by atoms with Crippen molar-refractivity contribution in [3.8, 4) is 11.8 Å². The van der Waals surface area contributed by atoms with Crippen LogP contribution >= 0.6 is 0 Å². The number of carbonyl (C=O) groups is 2. The second kappa shape index (κ2) is 8.40. The highest BCUT2D eigenvalue weighted by molar-refractivity contribution is 5.89. The lowest BCUT2D eigenvalue weighted by molar-refractivity contribution is -0.169. The van der Waals surface area contributed by atoms with Gasteiger partial charge in [-0.15, -0.1) is 0 Å². The molecule has 5 rings (SSSR count). The van der Waals surface area contributed by atoms with Gasteiger partial charge in [0, 0.05) is 29.5 Å². The molecule has 1 aliphatic carbocycles. The Morgan fingerprint density at radius 3 is 2.50 bits per heavy atom. The number of amides is 2. The van der Waals surface area contributed by atoms with E-state index in [9.17, 15) is 19.1 Å². The van der Waals surface area contributed by atoms with Crippen molar-refractivity contribution >= 4 is 11.8 Å². The summed E-state index contributed by atoms with van der Waals surface area (Å²) in [6.45, 7) is 0.525. The molecule has 2 amide bonds. The van der Waals surface area contributed by atoms with Crippen molar-refractivity contribution in [2.75, 3.05) is 19.7 Å². The normalized spacial score (nSPS) is 24.7. The molecule has 5 nitrogen and oxygen atoms in total. The highest BCUT2D eigenvalue weighted by Gasteiger charge is 2.54. The fourth-order valence-corrected chi connectivity index (χ4v) is 5.08. The number of benzene rings is 2. The molecule has 1 N–H and O–H groups in total. The number of halogens is 1. The van der Waals surface area contributed by atoms with E-state index in [1.807, 2.05) is 24.3 Å². The fraction of sp³-hybridized carbons (Fsp3) is 0.385. The van der Waals surface area contributed by atoms with E-state index in [1.165, 1.54) is 12.1 Å². The summed E-state index contributed by atoms with van der Waals surface area (Å²) in [5, 5.41) is 9.94. The Labute approximate surface area is 186 Å². The zero-order valence-corrected chi connectivity index (χ0v) is 17.7. The summed E-state index contributed by atoms with van der Waals surface area (Å²) < 4.78 is 13.3. The van der Waals surface area contributed by atoms with Crippen LogP contribution in [0, 0.1) is 23.6 Å². The van der Waals surface area contributed by atoms with Crippen LogP contribution in [0.5, 0.6) is 0 Å². The average Bonchev–Trinajstić information content (AvgIpc) is 2.73. The zero-order chi connectivity index (χ0) is 22.2. The molecule has 0 radical (unpaired) electrons. The van der Waals surface area contributed by atoms with E-state index in [4.69, 9.17) is 0 Å². The molecule has 0 unspecified atom stereocenters. The minimum Gasteiger partial charge on any atom is -0.394 e. The maximum absolute atomic E-state index is 13.3. The molecule has 3 fully saturated rings. The van der Waals surface area contributed by atoms with Gasteiger partial charge >= 0.3 is 0 Å². The highest BCUT2D eigenvalue weighted by atomic mass is 19.1. The lowest BCUT2D eigenvalue weighted by atomic mass is 9.73. The van der Waals surface area contributed by atoms with Crippen LogP contribution in [0.3, 0.4) is 0 Å². The number of rotatable bonds is 3. The standard InChI is InChI=1S/C26H25FN2O3/c27-21-6-1-3-18(13-21)8-7-17-9-11-19(12-10-17)25-22-14-28(26(32)20-4-2-5-20)15-24(31)29(22)23(25)16-30/h1,3,6,9-13,20,22-23,25,30H,2,4-5,14-16H2/t22-,23+,25-/m0/s1. The Hall–Kier alpha value is -3.17. The first-order chi connectivity index (χ1) is 15.5. The molecule has 1 saturated carbocycles. The Kier molecular flexibility index (Phi) is 5.44. The van der Waals surface area contributed by atoms with Gasteiger partial charge in [-0.25, -0.2) is 4.39 Å². The van der Waals surface area contributed by atoms with Gasteiger partial charge in [0.1, 0.15) is 5.82 Å². The first kappa shape index (κ1) is 20.7. The maximum Gasteiger partial charge on any atom is 0.242 e. The van der Waals surface area contributed by atoms with Crippen LogP contribution in [-0.2, 0) is 9.59 Å². The van der Waals surface area contributed by atoms with Crippen LogP contribution in [0.2, 0.25) is 0 Å². The molecule has 164 valence electrons. The molecule has 2 aromatic carbocycles. The van der Waals surface area contributed by atoms with Crippen LogP contribution < -0.4 is 0 Å². The second-order valence-electron chi connectivity index (χ2n) is 8.87. The molecular formula is C26H25FN2O3. The number of aliphatic hydroxyl groups is 1. The van der Waals surface area contributed by atoms with Crippen molar-refractivity contribution in [3.63, 3.8) is 0 Å². The molecule has 6 heteroatoms. The molecule has 0 spiro atoms. The summed E-state index contributed by atoms with van der Waals surface area (Å²) in [6, 6.07) is 13.5. The largest absolute Gasteiger partial charge is 0.394 e. The molecule has 3 atom stereocenters. The van der Waals surface area contributed by atoms with Gasteiger partial charge in [-0.3, -0.25) is 9.59 Å². The Balaban J connectivity index is 1.33. The topological polar surface area (TPSA) is 60.9 Å². The third kappa shape index (κ3) is 3.67. The first-order valence-corrected chi connectivity index (χ1v) is 11.1. The molecule has 0 bridgehead atoms. The molecule has 3 aliphatic rings. The zero-order valence-electron chi connectivity index (χ0n) is 17.7. The molecule has 2 saturated heterocycles. The van der Waals surface area contributed by atoms with Gasteiger partial charge in [0.15, 0.2) is 0 Å². The molecule has 2 heterocycles. The molecule has 32 heavy (non-hydrogen) atoms. The fourth-order valence-electron chi connectivity index (χ4n) is 5.08. The van der Waals surface area contributed by atoms with Crippen molar-refractivity contribution < 1.29 is 19.1 Å². The summed E-state index contributed by atoms with van der Waals surface area (Å²) in [7, 11) is 0. The second-order valence-corrected chi connectivity index (χ2v) is 8.87. The van der Waals surface area contributed by atoms with E-state index in [0.717, 1.165) is 30.4 Å². The van der Waals surface area contributed by atoms with E-state index in [0.29, 0.717) is 12.1 Å². The molecule has 0 aromatic heterocycles. The van der Waals surface area contributed by atoms with Crippen molar-refractivity contribution in [2.24, 2.45) is 5.92 Å². The quantitative estimate of drug-likeness (QED) is 0.759. The van der Waals surface area contributed by atoms with Crippen LogP contribution in [0.25, 0.3) is 0 Å². The van der Waals surface area contributed by atoms with Gasteiger partial charge in [-0.2, -0.15) is 0 Å². The Morgan fingerprint density at radius 1 is 1.09 bits per heavy atom. The third-order valence-electron chi connectivity index (χ3n) is 6.99. The molecule has 2 aromatic rings. The van der Waals surface area contributed by atoms with E-state index in [-0.39, 0.29) is 54.7 Å². The van der Waals surface area contributed by atoms with Crippen LogP contribution in [0.4, 0.5) is 4.39 Å². The minimum absolute atomic E-state index is 0.0221. The Bertz CT molecular complexity index is 1100. The van der Waals surface area contributed by atoms with Crippen molar-refractivity contribution in [2.45, 2.75) is 37.3 Å². The number of hydrogen-bond donors (Lipinski definition) is 1. The summed E-state index contributed by atoms with van der Waals surface area (Å²) in [5.74, 6) is 5.75. The van der Waals surface area contributed by atoms with Crippen LogP contribution in [-0.4, -0.2) is 58.5 Å². The van der Waals surface area contributed by atoms with Crippen molar-refractivity contribution in [1.82, 2.24) is 9.80 Å². The van der Waals surface area contributed by atoms with E-state index in [2.05, 4.69) is 11.8 Å². The lowest BCUT2D eigenvalue weighted by Crippen LogP contribution is -2.73. The molecular weight excluding hydrogens is 407 g/mol. The van der Waals surface area contributed by atoms with Gasteiger partial charge in [0.2, 0.25) is 11.8 Å². The third-order valence-corrected chi connectivity index (χ3v) is 6.99. The van der Waals surface area contributed by atoms with Crippen molar-refractivity contribution in [1.29, 1.82) is 0 Å². The predicted octanol–water partition coefficient (Wildman–Crippen LogP) is 2.52. The average molecular weight is 432 g/mol. The van der Waals surface area contributed by atoms with Crippen LogP contribution in [0.1, 0.15) is 41.9 Å². The number of aliphatic hydroxyl groups excluding tert-OH is 1. The van der Waals surface area contributed by atoms with Gasteiger partial charge < -0.3 is 14.9 Å². The van der Waals surface area contributed by atoms with Crippen LogP contribution in [0.15, 0.2) is 48.5 Å². The number of fused-ring (bicyclic) bond motifs is 1. The lowest BCUT2D eigenvalue weighted by Gasteiger charge is -2.59. The van der Waals surface area contributed by atoms with Gasteiger partial charge in [-0.05, 0) is 48.7 Å². The number of hydrogen-bond acceptors (Lipinski definition) is 3. The summed E-state index contributed by atoms with van der Waals surface area (Å²) in [4.78, 5) is 28.9. The van der Waals surface area contributed by atoms with Gasteiger partial charge in [0.25, 0.3) is 0 Å². The number of nitrogens with zero attached hydrogens (tertiary/aromatic N) is 2. The molecule has 2 aliphatic heterocycles. The minimum atomic E-state index is -0.316. The van der Waals surface area contributed by atoms with E-state index < -0.39 is 0 Å². The maximum atomic E-state index is 13.3. The van der Waals surface area contributed by atoms with E-state index >= 15 is 0 Å². The van der Waals surface area contributed by atoms with Gasteiger partial charge in [-0.1, -0.05) is 36.5 Å². The number of carbonyl (C=O) groups excluding carboxylic acids is 2. The number of piperazine rings is 1. The van der Waals surface area contributed by atoms with Crippen molar-refractivity contribution in [3.05, 3.63) is 71.0 Å².